The number of anilines is 1. The summed E-state index contributed by atoms with van der Waals surface area (Å²) < 4.78 is 37.8. The molecule has 0 bridgehead atoms. The number of amides is 1. The molecule has 0 atom stereocenters. The molecule has 3 rings (SSSR count). The van der Waals surface area contributed by atoms with Crippen molar-refractivity contribution in [2.24, 2.45) is 0 Å². The average Bonchev–Trinajstić information content (AvgIpc) is 3.44. The van der Waals surface area contributed by atoms with E-state index in [0.717, 1.165) is 48.2 Å². The smallest absolute Gasteiger partial charge is 0.398 e. The number of nitrogens with one attached hydrogen (secondary N) is 2. The van der Waals surface area contributed by atoms with Gasteiger partial charge in [0.2, 0.25) is 0 Å². The summed E-state index contributed by atoms with van der Waals surface area (Å²) in [6.45, 7) is 0.168. The first-order valence-corrected chi connectivity index (χ1v) is 8.18. The zero-order valence-corrected chi connectivity index (χ0v) is 13.9. The van der Waals surface area contributed by atoms with E-state index in [1.54, 1.807) is 6.07 Å². The molecule has 136 valence electrons. The van der Waals surface area contributed by atoms with Crippen LogP contribution in [-0.4, -0.2) is 12.1 Å². The van der Waals surface area contributed by atoms with Gasteiger partial charge >= 0.3 is 6.18 Å². The summed E-state index contributed by atoms with van der Waals surface area (Å²) in [5, 5.41) is 10.3. The van der Waals surface area contributed by atoms with Gasteiger partial charge in [0, 0.05) is 29.6 Å². The standard InChI is InChI=1S/C19H18F3N3O/c20-19(21,22)13-5-3-12(4-6-13)18(26)25-10-16-14(11-1-2-11)7-8-17(24)15(16)9-23/h3-9,11,23H,1-2,10,24H2,(H,25,26). The Morgan fingerprint density at radius 3 is 2.38 bits per heavy atom. The minimum atomic E-state index is -4.44. The van der Waals surface area contributed by atoms with Crippen LogP contribution in [0.3, 0.4) is 0 Å². The lowest BCUT2D eigenvalue weighted by molar-refractivity contribution is -0.137. The lowest BCUT2D eigenvalue weighted by atomic mass is 9.96. The van der Waals surface area contributed by atoms with Crippen LogP contribution < -0.4 is 11.1 Å². The zero-order chi connectivity index (χ0) is 18.9. The molecular weight excluding hydrogens is 343 g/mol. The van der Waals surface area contributed by atoms with Gasteiger partial charge < -0.3 is 16.5 Å². The Kier molecular flexibility index (Phi) is 4.71. The summed E-state index contributed by atoms with van der Waals surface area (Å²) >= 11 is 0. The van der Waals surface area contributed by atoms with Gasteiger partial charge in [0.05, 0.1) is 5.56 Å². The van der Waals surface area contributed by atoms with E-state index in [4.69, 9.17) is 11.1 Å². The maximum Gasteiger partial charge on any atom is 0.416 e. The molecule has 1 aliphatic rings. The minimum Gasteiger partial charge on any atom is -0.398 e. The van der Waals surface area contributed by atoms with E-state index in [1.807, 2.05) is 6.07 Å². The second-order valence-electron chi connectivity index (χ2n) is 6.31. The molecule has 1 aliphatic carbocycles. The molecule has 1 saturated carbocycles. The van der Waals surface area contributed by atoms with E-state index in [9.17, 15) is 18.0 Å². The fourth-order valence-electron chi connectivity index (χ4n) is 2.93. The Labute approximate surface area is 148 Å². The Morgan fingerprint density at radius 1 is 1.19 bits per heavy atom. The van der Waals surface area contributed by atoms with Crippen LogP contribution >= 0.6 is 0 Å². The van der Waals surface area contributed by atoms with Crippen molar-refractivity contribution in [3.05, 3.63) is 64.2 Å². The molecule has 0 unspecified atom stereocenters. The van der Waals surface area contributed by atoms with Gasteiger partial charge in [-0.05, 0) is 60.2 Å². The van der Waals surface area contributed by atoms with Crippen molar-refractivity contribution in [3.63, 3.8) is 0 Å². The van der Waals surface area contributed by atoms with Gasteiger partial charge in [0.15, 0.2) is 0 Å². The van der Waals surface area contributed by atoms with Gasteiger partial charge in [-0.1, -0.05) is 6.07 Å². The van der Waals surface area contributed by atoms with Crippen molar-refractivity contribution < 1.29 is 18.0 Å². The number of alkyl halides is 3. The van der Waals surface area contributed by atoms with Crippen molar-refractivity contribution in [3.8, 4) is 0 Å². The molecule has 0 heterocycles. The summed E-state index contributed by atoms with van der Waals surface area (Å²) in [7, 11) is 0. The van der Waals surface area contributed by atoms with Crippen LogP contribution in [0.4, 0.5) is 18.9 Å². The molecule has 0 saturated heterocycles. The molecule has 0 spiro atoms. The number of nitrogens with two attached hydrogens (primary N) is 1. The van der Waals surface area contributed by atoms with Gasteiger partial charge in [-0.2, -0.15) is 13.2 Å². The third kappa shape index (κ3) is 3.71. The Morgan fingerprint density at radius 2 is 1.85 bits per heavy atom. The molecule has 1 amide bonds. The highest BCUT2D eigenvalue weighted by atomic mass is 19.4. The number of nitrogen functional groups attached to an aromatic ring is 1. The van der Waals surface area contributed by atoms with Gasteiger partial charge in [0.1, 0.15) is 0 Å². The van der Waals surface area contributed by atoms with Crippen LogP contribution in [0, 0.1) is 5.41 Å². The second-order valence-corrected chi connectivity index (χ2v) is 6.31. The number of hydrogen-bond donors (Lipinski definition) is 3. The SMILES string of the molecule is N=Cc1c(N)ccc(C2CC2)c1CNC(=O)c1ccc(C(F)(F)F)cc1. The highest BCUT2D eigenvalue weighted by molar-refractivity contribution is 5.94. The highest BCUT2D eigenvalue weighted by Gasteiger charge is 2.30. The van der Waals surface area contributed by atoms with Gasteiger partial charge in [-0.3, -0.25) is 4.79 Å². The number of carbonyl (C=O) groups excluding carboxylic acids is 1. The van der Waals surface area contributed by atoms with Crippen LogP contribution in [0.25, 0.3) is 0 Å². The largest absolute Gasteiger partial charge is 0.416 e. The Hall–Kier alpha value is -2.83. The maximum absolute atomic E-state index is 12.6. The Bertz CT molecular complexity index is 840. The van der Waals surface area contributed by atoms with Crippen LogP contribution in [-0.2, 0) is 12.7 Å². The van der Waals surface area contributed by atoms with E-state index in [1.165, 1.54) is 6.21 Å². The summed E-state index contributed by atoms with van der Waals surface area (Å²) in [6, 6.07) is 7.74. The quantitative estimate of drug-likeness (QED) is 0.554. The van der Waals surface area contributed by atoms with E-state index in [-0.39, 0.29) is 12.1 Å². The fraction of sp³-hybridized carbons (Fsp3) is 0.263. The second kappa shape index (κ2) is 6.82. The van der Waals surface area contributed by atoms with Crippen LogP contribution in [0.1, 0.15) is 51.4 Å². The molecule has 1 fully saturated rings. The van der Waals surface area contributed by atoms with Crippen molar-refractivity contribution in [2.75, 3.05) is 5.73 Å². The van der Waals surface area contributed by atoms with Crippen LogP contribution in [0.15, 0.2) is 36.4 Å². The van der Waals surface area contributed by atoms with E-state index >= 15 is 0 Å². The zero-order valence-electron chi connectivity index (χ0n) is 13.9. The lowest BCUT2D eigenvalue weighted by Gasteiger charge is -2.15. The normalized spacial score (nSPS) is 14.1. The van der Waals surface area contributed by atoms with Crippen molar-refractivity contribution >= 4 is 17.8 Å². The molecule has 0 aromatic heterocycles. The highest BCUT2D eigenvalue weighted by Crippen LogP contribution is 2.43. The number of rotatable bonds is 5. The molecular formula is C19H18F3N3O. The van der Waals surface area contributed by atoms with Crippen LogP contribution in [0.2, 0.25) is 0 Å². The summed E-state index contributed by atoms with van der Waals surface area (Å²) in [5.74, 6) is -0.0638. The number of carbonyl (C=O) groups is 1. The number of halogens is 3. The van der Waals surface area contributed by atoms with Crippen molar-refractivity contribution in [1.82, 2.24) is 5.32 Å². The van der Waals surface area contributed by atoms with Crippen molar-refractivity contribution in [2.45, 2.75) is 31.5 Å². The third-order valence-electron chi connectivity index (χ3n) is 4.49. The predicted molar refractivity (Wildman–Crippen MR) is 93.3 cm³/mol. The molecule has 0 aliphatic heterocycles. The number of hydrogen-bond acceptors (Lipinski definition) is 3. The maximum atomic E-state index is 12.6. The van der Waals surface area contributed by atoms with E-state index in [0.29, 0.717) is 17.2 Å². The topological polar surface area (TPSA) is 79.0 Å². The first-order valence-electron chi connectivity index (χ1n) is 8.18. The molecule has 26 heavy (non-hydrogen) atoms. The molecule has 2 aromatic rings. The van der Waals surface area contributed by atoms with Gasteiger partial charge in [-0.15, -0.1) is 0 Å². The molecule has 4 N–H and O–H groups in total. The van der Waals surface area contributed by atoms with E-state index in [2.05, 4.69) is 5.32 Å². The van der Waals surface area contributed by atoms with Gasteiger partial charge in [0.25, 0.3) is 5.91 Å². The summed E-state index contributed by atoms with van der Waals surface area (Å²) in [4.78, 5) is 12.3. The molecule has 0 radical (unpaired) electrons. The average molecular weight is 361 g/mol. The molecule has 7 heteroatoms. The van der Waals surface area contributed by atoms with Gasteiger partial charge in [-0.25, -0.2) is 0 Å². The lowest BCUT2D eigenvalue weighted by Crippen LogP contribution is -2.24. The first-order chi connectivity index (χ1) is 12.3. The predicted octanol–water partition coefficient (Wildman–Crippen LogP) is 4.09. The fourth-order valence-corrected chi connectivity index (χ4v) is 2.93. The molecule has 4 nitrogen and oxygen atoms in total. The molecule has 2 aromatic carbocycles. The Balaban J connectivity index is 1.77. The first kappa shape index (κ1) is 18.0. The minimum absolute atomic E-state index is 0.145. The monoisotopic (exact) mass is 361 g/mol. The number of benzene rings is 2. The van der Waals surface area contributed by atoms with Crippen LogP contribution in [0.5, 0.6) is 0 Å². The summed E-state index contributed by atoms with van der Waals surface area (Å²) in [6.07, 6.45) is -1.15. The third-order valence-corrected chi connectivity index (χ3v) is 4.49. The van der Waals surface area contributed by atoms with Crippen molar-refractivity contribution in [1.29, 1.82) is 5.41 Å². The van der Waals surface area contributed by atoms with E-state index < -0.39 is 17.6 Å². The summed E-state index contributed by atoms with van der Waals surface area (Å²) in [5.41, 5.74) is 8.16.